The molecular formula is C17H20N2O. The van der Waals surface area contributed by atoms with E-state index in [0.29, 0.717) is 0 Å². The van der Waals surface area contributed by atoms with Crippen molar-refractivity contribution in [1.29, 1.82) is 0 Å². The summed E-state index contributed by atoms with van der Waals surface area (Å²) in [5, 5.41) is 4.79. The molecule has 0 amide bonds. The predicted molar refractivity (Wildman–Crippen MR) is 81.8 cm³/mol. The summed E-state index contributed by atoms with van der Waals surface area (Å²) in [6.45, 7) is 6.12. The van der Waals surface area contributed by atoms with Crippen LogP contribution in [0.15, 0.2) is 53.3 Å². The topological polar surface area (TPSA) is 30.1 Å². The number of nitrogens with zero attached hydrogens (tertiary/aromatic N) is 1. The van der Waals surface area contributed by atoms with Crippen molar-refractivity contribution in [3.05, 3.63) is 60.2 Å². The normalized spacial score (nSPS) is 12.9. The highest BCUT2D eigenvalue weighted by molar-refractivity contribution is 5.80. The van der Waals surface area contributed by atoms with Gasteiger partial charge in [0.05, 0.1) is 12.3 Å². The summed E-state index contributed by atoms with van der Waals surface area (Å²) < 4.78 is 7.69. The van der Waals surface area contributed by atoms with E-state index in [4.69, 9.17) is 4.42 Å². The molecule has 0 saturated carbocycles. The number of rotatable bonds is 5. The van der Waals surface area contributed by atoms with E-state index in [-0.39, 0.29) is 6.04 Å². The van der Waals surface area contributed by atoms with Gasteiger partial charge < -0.3 is 14.3 Å². The molecule has 3 aromatic rings. The van der Waals surface area contributed by atoms with Gasteiger partial charge in [-0.15, -0.1) is 0 Å². The highest BCUT2D eigenvalue weighted by Crippen LogP contribution is 2.17. The number of aryl methyl sites for hydroxylation is 1. The lowest BCUT2D eigenvalue weighted by molar-refractivity contribution is 0.425. The summed E-state index contributed by atoms with van der Waals surface area (Å²) in [5.74, 6) is 0.984. The second kappa shape index (κ2) is 5.55. The lowest BCUT2D eigenvalue weighted by Gasteiger charge is -2.12. The standard InChI is InChI=1S/C17H20N2O/c1-13-5-6-16-15(12-13)7-9-19(16)10-8-18-14(2)17-4-3-11-20-17/h3-7,9,11-12,14,18H,8,10H2,1-2H3. The Kier molecular flexibility index (Phi) is 3.61. The van der Waals surface area contributed by atoms with Crippen LogP contribution >= 0.6 is 0 Å². The zero-order valence-corrected chi connectivity index (χ0v) is 12.0. The number of nitrogens with one attached hydrogen (secondary N) is 1. The van der Waals surface area contributed by atoms with Crippen molar-refractivity contribution in [3.63, 3.8) is 0 Å². The lowest BCUT2D eigenvalue weighted by Crippen LogP contribution is -2.22. The third kappa shape index (κ3) is 2.63. The fourth-order valence-electron chi connectivity index (χ4n) is 2.55. The van der Waals surface area contributed by atoms with Crippen molar-refractivity contribution in [1.82, 2.24) is 9.88 Å². The van der Waals surface area contributed by atoms with E-state index in [0.717, 1.165) is 18.8 Å². The fraction of sp³-hybridized carbons (Fsp3) is 0.294. The van der Waals surface area contributed by atoms with Crippen molar-refractivity contribution in [3.8, 4) is 0 Å². The van der Waals surface area contributed by atoms with Crippen LogP contribution in [-0.2, 0) is 6.54 Å². The van der Waals surface area contributed by atoms with Crippen LogP contribution in [0.2, 0.25) is 0 Å². The van der Waals surface area contributed by atoms with Crippen LogP contribution in [0.25, 0.3) is 10.9 Å². The maximum Gasteiger partial charge on any atom is 0.120 e. The first-order chi connectivity index (χ1) is 9.74. The maximum absolute atomic E-state index is 5.40. The van der Waals surface area contributed by atoms with Crippen LogP contribution in [0.3, 0.4) is 0 Å². The SMILES string of the molecule is Cc1ccc2c(ccn2CCNC(C)c2ccco2)c1. The molecule has 1 atom stereocenters. The molecule has 0 aliphatic rings. The molecule has 20 heavy (non-hydrogen) atoms. The average molecular weight is 268 g/mol. The molecule has 3 heteroatoms. The molecule has 0 fully saturated rings. The van der Waals surface area contributed by atoms with Gasteiger partial charge in [-0.1, -0.05) is 11.6 Å². The van der Waals surface area contributed by atoms with Crippen LogP contribution in [0, 0.1) is 6.92 Å². The van der Waals surface area contributed by atoms with E-state index < -0.39 is 0 Å². The molecule has 0 saturated heterocycles. The molecule has 0 radical (unpaired) electrons. The molecule has 1 N–H and O–H groups in total. The minimum absolute atomic E-state index is 0.245. The highest BCUT2D eigenvalue weighted by atomic mass is 16.3. The Morgan fingerprint density at radius 2 is 2.15 bits per heavy atom. The van der Waals surface area contributed by atoms with E-state index in [1.807, 2.05) is 12.1 Å². The zero-order chi connectivity index (χ0) is 13.9. The first-order valence-electron chi connectivity index (χ1n) is 7.06. The van der Waals surface area contributed by atoms with E-state index in [1.54, 1.807) is 6.26 Å². The number of furan rings is 1. The van der Waals surface area contributed by atoms with Crippen LogP contribution in [0.1, 0.15) is 24.3 Å². The number of benzene rings is 1. The minimum Gasteiger partial charge on any atom is -0.468 e. The second-order valence-corrected chi connectivity index (χ2v) is 5.26. The summed E-state index contributed by atoms with van der Waals surface area (Å²) in [6.07, 6.45) is 3.87. The predicted octanol–water partition coefficient (Wildman–Crippen LogP) is 3.89. The summed E-state index contributed by atoms with van der Waals surface area (Å²) >= 11 is 0. The highest BCUT2D eigenvalue weighted by Gasteiger charge is 2.07. The first kappa shape index (κ1) is 13.0. The van der Waals surface area contributed by atoms with Gasteiger partial charge in [0.1, 0.15) is 5.76 Å². The Morgan fingerprint density at radius 1 is 1.25 bits per heavy atom. The fourth-order valence-corrected chi connectivity index (χ4v) is 2.55. The lowest BCUT2D eigenvalue weighted by atomic mass is 10.2. The summed E-state index contributed by atoms with van der Waals surface area (Å²) in [7, 11) is 0. The van der Waals surface area contributed by atoms with Gasteiger partial charge in [-0.05, 0) is 49.6 Å². The molecule has 0 bridgehead atoms. The molecule has 1 unspecified atom stereocenters. The molecule has 0 aliphatic heterocycles. The largest absolute Gasteiger partial charge is 0.468 e. The Bertz CT molecular complexity index is 682. The van der Waals surface area contributed by atoms with Gasteiger partial charge in [0.25, 0.3) is 0 Å². The van der Waals surface area contributed by atoms with Crippen molar-refractivity contribution >= 4 is 10.9 Å². The van der Waals surface area contributed by atoms with Crippen molar-refractivity contribution in [2.75, 3.05) is 6.54 Å². The Hall–Kier alpha value is -2.00. The molecule has 2 aromatic heterocycles. The Labute approximate surface area is 119 Å². The summed E-state index contributed by atoms with van der Waals surface area (Å²) in [4.78, 5) is 0. The monoisotopic (exact) mass is 268 g/mol. The first-order valence-corrected chi connectivity index (χ1v) is 7.06. The van der Waals surface area contributed by atoms with Gasteiger partial charge in [-0.2, -0.15) is 0 Å². The molecule has 2 heterocycles. The number of fused-ring (bicyclic) bond motifs is 1. The number of hydrogen-bond donors (Lipinski definition) is 1. The van der Waals surface area contributed by atoms with Crippen LogP contribution in [0.4, 0.5) is 0 Å². The maximum atomic E-state index is 5.40. The molecule has 0 spiro atoms. The van der Waals surface area contributed by atoms with Crippen LogP contribution < -0.4 is 5.32 Å². The average Bonchev–Trinajstić information content (AvgIpc) is 3.08. The molecular weight excluding hydrogens is 248 g/mol. The molecule has 3 rings (SSSR count). The van der Waals surface area contributed by atoms with Gasteiger partial charge in [-0.25, -0.2) is 0 Å². The van der Waals surface area contributed by atoms with Gasteiger partial charge in [0, 0.05) is 24.8 Å². The Balaban J connectivity index is 1.63. The quantitative estimate of drug-likeness (QED) is 0.760. The van der Waals surface area contributed by atoms with Crippen LogP contribution in [-0.4, -0.2) is 11.1 Å². The molecule has 1 aromatic carbocycles. The third-order valence-electron chi connectivity index (χ3n) is 3.70. The van der Waals surface area contributed by atoms with E-state index in [2.05, 4.69) is 54.2 Å². The summed E-state index contributed by atoms with van der Waals surface area (Å²) in [6, 6.07) is 12.9. The van der Waals surface area contributed by atoms with E-state index >= 15 is 0 Å². The van der Waals surface area contributed by atoms with Gasteiger partial charge in [0.15, 0.2) is 0 Å². The molecule has 0 aliphatic carbocycles. The van der Waals surface area contributed by atoms with E-state index in [9.17, 15) is 0 Å². The van der Waals surface area contributed by atoms with E-state index in [1.165, 1.54) is 16.5 Å². The molecule has 104 valence electrons. The van der Waals surface area contributed by atoms with Crippen molar-refractivity contribution in [2.24, 2.45) is 0 Å². The second-order valence-electron chi connectivity index (χ2n) is 5.26. The zero-order valence-electron chi connectivity index (χ0n) is 12.0. The smallest absolute Gasteiger partial charge is 0.120 e. The number of aromatic nitrogens is 1. The van der Waals surface area contributed by atoms with Crippen molar-refractivity contribution in [2.45, 2.75) is 26.4 Å². The van der Waals surface area contributed by atoms with Crippen molar-refractivity contribution < 1.29 is 4.42 Å². The van der Waals surface area contributed by atoms with Crippen LogP contribution in [0.5, 0.6) is 0 Å². The molecule has 3 nitrogen and oxygen atoms in total. The third-order valence-corrected chi connectivity index (χ3v) is 3.70. The summed E-state index contributed by atoms with van der Waals surface area (Å²) in [5.41, 5.74) is 2.60. The van der Waals surface area contributed by atoms with Gasteiger partial charge >= 0.3 is 0 Å². The minimum atomic E-state index is 0.245. The number of hydrogen-bond acceptors (Lipinski definition) is 2. The van der Waals surface area contributed by atoms with Gasteiger partial charge in [-0.3, -0.25) is 0 Å². The Morgan fingerprint density at radius 3 is 2.95 bits per heavy atom. The van der Waals surface area contributed by atoms with Gasteiger partial charge in [0.2, 0.25) is 0 Å².